The highest BCUT2D eigenvalue weighted by molar-refractivity contribution is 5.73. The van der Waals surface area contributed by atoms with Crippen LogP contribution in [-0.2, 0) is 33.3 Å². The molecule has 2 aliphatic rings. The molecule has 0 aromatic rings. The Kier molecular flexibility index (Phi) is 8.28. The third kappa shape index (κ3) is 5.02. The molecule has 2 heterocycles. The van der Waals surface area contributed by atoms with Gasteiger partial charge >= 0.3 is 0 Å². The summed E-state index contributed by atoms with van der Waals surface area (Å²) < 4.78 is 26.1. The molecule has 0 aromatic carbocycles. The maximum absolute atomic E-state index is 11.6. The first-order valence-electron chi connectivity index (χ1n) is 8.81. The highest BCUT2D eigenvalue weighted by Crippen LogP contribution is 2.30. The molecule has 13 heteroatoms. The van der Waals surface area contributed by atoms with Gasteiger partial charge in [-0.1, -0.05) is 0 Å². The Morgan fingerprint density at radius 3 is 2.14 bits per heavy atom. The van der Waals surface area contributed by atoms with E-state index in [-0.39, 0.29) is 0 Å². The Hall–Kier alpha value is -1.42. The number of carboxylic acid groups (broad SMARTS) is 1. The molecule has 10 atom stereocenters. The Balaban J connectivity index is 2.30. The number of carbonyl (C=O) groups is 2. The van der Waals surface area contributed by atoms with E-state index < -0.39 is 79.8 Å². The summed E-state index contributed by atoms with van der Waals surface area (Å²) in [5, 5.41) is 54.2. The maximum Gasteiger partial charge on any atom is 0.217 e. The number of nitrogens with one attached hydrogen (secondary N) is 1. The molecule has 0 radical (unpaired) electrons. The fraction of sp³-hybridized carbons (Fsp3) is 0.875. The summed E-state index contributed by atoms with van der Waals surface area (Å²) in [5.74, 6) is -2.24. The number of hydrogen-bond acceptors (Lipinski definition) is 12. The van der Waals surface area contributed by atoms with Crippen LogP contribution in [0.4, 0.5) is 0 Å². The van der Waals surface area contributed by atoms with Crippen LogP contribution in [0.5, 0.6) is 0 Å². The lowest BCUT2D eigenvalue weighted by molar-refractivity contribution is -0.365. The van der Waals surface area contributed by atoms with E-state index in [1.54, 1.807) is 0 Å². The number of carboxylic acids is 1. The van der Waals surface area contributed by atoms with Crippen LogP contribution >= 0.6 is 0 Å². The van der Waals surface area contributed by atoms with Crippen LogP contribution in [0.1, 0.15) is 6.92 Å². The zero-order chi connectivity index (χ0) is 21.9. The van der Waals surface area contributed by atoms with Gasteiger partial charge in [0.2, 0.25) is 5.91 Å². The number of methoxy groups -OCH3 is 2. The second kappa shape index (κ2) is 10.1. The Labute approximate surface area is 166 Å². The van der Waals surface area contributed by atoms with E-state index in [2.05, 4.69) is 5.32 Å². The number of amides is 1. The Morgan fingerprint density at radius 2 is 1.66 bits per heavy atom. The number of aliphatic carboxylic acids is 1. The highest BCUT2D eigenvalue weighted by atomic mass is 16.7. The number of ether oxygens (including phenoxy) is 5. The molecule has 0 spiro atoms. The second-order valence-electron chi connectivity index (χ2n) is 6.70. The van der Waals surface area contributed by atoms with Crippen LogP contribution in [0.2, 0.25) is 0 Å². The zero-order valence-corrected chi connectivity index (χ0v) is 16.0. The predicted octanol–water partition coefficient (Wildman–Crippen LogP) is -5.19. The van der Waals surface area contributed by atoms with E-state index in [1.165, 1.54) is 14.0 Å². The van der Waals surface area contributed by atoms with Crippen molar-refractivity contribution in [1.29, 1.82) is 0 Å². The molecule has 2 saturated heterocycles. The van der Waals surface area contributed by atoms with E-state index >= 15 is 0 Å². The molecule has 0 aromatic heterocycles. The van der Waals surface area contributed by atoms with Crippen LogP contribution in [0.15, 0.2) is 0 Å². The van der Waals surface area contributed by atoms with Crippen molar-refractivity contribution < 1.29 is 58.8 Å². The number of aliphatic hydroxyl groups is 4. The molecular formula is C16H26NO12-. The lowest BCUT2D eigenvalue weighted by atomic mass is 9.95. The smallest absolute Gasteiger partial charge is 0.217 e. The average Bonchev–Trinajstić information content (AvgIpc) is 2.67. The highest BCUT2D eigenvalue weighted by Gasteiger charge is 2.52. The van der Waals surface area contributed by atoms with E-state index in [9.17, 15) is 35.1 Å². The van der Waals surface area contributed by atoms with Crippen molar-refractivity contribution >= 4 is 11.9 Å². The van der Waals surface area contributed by atoms with Crippen LogP contribution in [0.3, 0.4) is 0 Å². The van der Waals surface area contributed by atoms with Gasteiger partial charge in [0.05, 0.1) is 12.6 Å². The lowest BCUT2D eigenvalue weighted by Crippen LogP contribution is -2.68. The van der Waals surface area contributed by atoms with E-state index in [4.69, 9.17) is 23.7 Å². The molecule has 2 aliphatic heterocycles. The fourth-order valence-corrected chi connectivity index (χ4v) is 3.38. The van der Waals surface area contributed by atoms with Gasteiger partial charge in [-0.05, 0) is 0 Å². The number of aliphatic hydroxyl groups excluding tert-OH is 4. The molecule has 168 valence electrons. The predicted molar refractivity (Wildman–Crippen MR) is 87.7 cm³/mol. The molecule has 4 unspecified atom stereocenters. The summed E-state index contributed by atoms with van der Waals surface area (Å²) in [4.78, 5) is 22.9. The Bertz CT molecular complexity index is 576. The van der Waals surface area contributed by atoms with Gasteiger partial charge in [0.1, 0.15) is 48.8 Å². The van der Waals surface area contributed by atoms with Gasteiger partial charge in [-0.2, -0.15) is 0 Å². The van der Waals surface area contributed by atoms with Crippen LogP contribution in [0, 0.1) is 0 Å². The minimum atomic E-state index is -1.79. The Morgan fingerprint density at radius 1 is 1.00 bits per heavy atom. The number of rotatable bonds is 7. The molecule has 1 amide bonds. The summed E-state index contributed by atoms with van der Waals surface area (Å²) >= 11 is 0. The van der Waals surface area contributed by atoms with Gasteiger partial charge in [0.25, 0.3) is 0 Å². The third-order valence-electron chi connectivity index (χ3n) is 4.80. The molecule has 2 fully saturated rings. The monoisotopic (exact) mass is 424 g/mol. The van der Waals surface area contributed by atoms with Crippen molar-refractivity contribution in [2.45, 2.75) is 68.3 Å². The maximum atomic E-state index is 11.6. The van der Waals surface area contributed by atoms with Gasteiger partial charge in [-0.25, -0.2) is 0 Å². The van der Waals surface area contributed by atoms with Crippen molar-refractivity contribution in [3.8, 4) is 0 Å². The molecular weight excluding hydrogens is 398 g/mol. The SMILES string of the molecule is COC1OC(CO)[C@@H](O)[C@H](OC2OC(C(=O)[O-])[C@@H](OC)[C@H](O)[C@@H]2O)[C@@H]1NC(C)=O. The minimum absolute atomic E-state index is 0.527. The zero-order valence-electron chi connectivity index (χ0n) is 16.0. The summed E-state index contributed by atoms with van der Waals surface area (Å²) in [7, 11) is 2.37. The van der Waals surface area contributed by atoms with E-state index in [0.717, 1.165) is 7.11 Å². The molecule has 13 nitrogen and oxygen atoms in total. The second-order valence-corrected chi connectivity index (χ2v) is 6.70. The topological polar surface area (TPSA) is 196 Å². The van der Waals surface area contributed by atoms with Crippen molar-refractivity contribution in [3.63, 3.8) is 0 Å². The van der Waals surface area contributed by atoms with Gasteiger partial charge in [-0.15, -0.1) is 0 Å². The first kappa shape index (κ1) is 23.9. The molecule has 5 N–H and O–H groups in total. The summed E-state index contributed by atoms with van der Waals surface area (Å²) in [6, 6.07) is -1.12. The van der Waals surface area contributed by atoms with Crippen molar-refractivity contribution in [1.82, 2.24) is 5.32 Å². The third-order valence-corrected chi connectivity index (χ3v) is 4.80. The quantitative estimate of drug-likeness (QED) is 0.261. The molecule has 2 rings (SSSR count). The van der Waals surface area contributed by atoms with Crippen LogP contribution < -0.4 is 10.4 Å². The summed E-state index contributed by atoms with van der Waals surface area (Å²) in [6.45, 7) is 0.567. The van der Waals surface area contributed by atoms with Crippen LogP contribution in [-0.4, -0.2) is 114 Å². The van der Waals surface area contributed by atoms with Gasteiger partial charge < -0.3 is 59.3 Å². The number of carbonyl (C=O) groups excluding carboxylic acids is 2. The van der Waals surface area contributed by atoms with Gasteiger partial charge in [0.15, 0.2) is 12.6 Å². The standard InChI is InChI=1S/C16H27NO12/c1-5(19)17-7-11(8(20)6(4-18)27-15(7)26-3)28-16-10(22)9(21)12(25-2)13(29-16)14(23)24/h6-13,15-16,18,20-22H,4H2,1-3H3,(H,17,19)(H,23,24)/p-1/t6?,7-,8+,9+,10-,11+,12-,13?,15?,16?/m0/s1. The molecule has 0 bridgehead atoms. The van der Waals surface area contributed by atoms with E-state index in [0.29, 0.717) is 0 Å². The minimum Gasteiger partial charge on any atom is -0.547 e. The van der Waals surface area contributed by atoms with Gasteiger partial charge in [-0.3, -0.25) is 4.79 Å². The fourth-order valence-electron chi connectivity index (χ4n) is 3.38. The summed E-state index contributed by atoms with van der Waals surface area (Å²) in [6.07, 6.45) is -13.7. The average molecular weight is 424 g/mol. The van der Waals surface area contributed by atoms with Crippen molar-refractivity contribution in [2.24, 2.45) is 0 Å². The van der Waals surface area contributed by atoms with E-state index in [1.807, 2.05) is 0 Å². The van der Waals surface area contributed by atoms with Gasteiger partial charge in [0, 0.05) is 21.1 Å². The van der Waals surface area contributed by atoms with Crippen LogP contribution in [0.25, 0.3) is 0 Å². The summed E-state index contributed by atoms with van der Waals surface area (Å²) in [5.41, 5.74) is 0. The first-order valence-corrected chi connectivity index (χ1v) is 8.81. The lowest BCUT2D eigenvalue weighted by Gasteiger charge is -2.47. The number of hydrogen-bond donors (Lipinski definition) is 5. The molecule has 29 heavy (non-hydrogen) atoms. The normalized spacial score (nSPS) is 43.0. The van der Waals surface area contributed by atoms with Crippen molar-refractivity contribution in [3.05, 3.63) is 0 Å². The molecule has 0 saturated carbocycles. The molecule has 0 aliphatic carbocycles. The van der Waals surface area contributed by atoms with Crippen molar-refractivity contribution in [2.75, 3.05) is 20.8 Å². The largest absolute Gasteiger partial charge is 0.547 e. The first-order chi connectivity index (χ1) is 13.7.